The van der Waals surface area contributed by atoms with Crippen LogP contribution in [0, 0.1) is 22.2 Å². The molecule has 0 saturated heterocycles. The van der Waals surface area contributed by atoms with Crippen molar-refractivity contribution in [2.45, 2.75) is 62.3 Å². The molecular formula is C14H33NO. The van der Waals surface area contributed by atoms with Gasteiger partial charge in [0.25, 0.3) is 0 Å². The van der Waals surface area contributed by atoms with Crippen LogP contribution in [0.15, 0.2) is 0 Å². The molecular weight excluding hydrogens is 198 g/mol. The second kappa shape index (κ2) is 8.74. The van der Waals surface area contributed by atoms with E-state index in [0.29, 0.717) is 5.92 Å². The van der Waals surface area contributed by atoms with Crippen molar-refractivity contribution in [1.82, 2.24) is 0 Å². The summed E-state index contributed by atoms with van der Waals surface area (Å²) in [6.07, 6.45) is 0. The van der Waals surface area contributed by atoms with Gasteiger partial charge in [0, 0.05) is 23.7 Å². The second-order valence-electron chi connectivity index (χ2n) is 5.50. The normalized spacial score (nSPS) is 11.0. The summed E-state index contributed by atoms with van der Waals surface area (Å²) >= 11 is 0. The fourth-order valence-electron chi connectivity index (χ4n) is 1.26. The minimum atomic E-state index is 0.00771. The van der Waals surface area contributed by atoms with Crippen molar-refractivity contribution in [3.8, 4) is 0 Å². The molecule has 0 atom stereocenters. The van der Waals surface area contributed by atoms with E-state index in [9.17, 15) is 0 Å². The fourth-order valence-corrected chi connectivity index (χ4v) is 1.26. The summed E-state index contributed by atoms with van der Waals surface area (Å²) in [4.78, 5) is 0. The molecule has 0 aliphatic heterocycles. The lowest BCUT2D eigenvalue weighted by molar-refractivity contribution is 0.330. The highest BCUT2D eigenvalue weighted by Gasteiger charge is 2.34. The number of hydrogen-bond donors (Lipinski definition) is 2. The molecule has 0 aliphatic rings. The Morgan fingerprint density at radius 3 is 1.25 bits per heavy atom. The summed E-state index contributed by atoms with van der Waals surface area (Å²) in [5.74, 6) is 0.532. The van der Waals surface area contributed by atoms with E-state index in [1.807, 2.05) is 13.8 Å². The van der Waals surface area contributed by atoms with Crippen LogP contribution in [0.3, 0.4) is 0 Å². The molecule has 0 radical (unpaired) electrons. The summed E-state index contributed by atoms with van der Waals surface area (Å²) in [7, 11) is 1.00. The lowest BCUT2D eigenvalue weighted by Gasteiger charge is -2.37. The van der Waals surface area contributed by atoms with Crippen molar-refractivity contribution in [3.05, 3.63) is 0 Å². The highest BCUT2D eigenvalue weighted by atomic mass is 16.2. The van der Waals surface area contributed by atoms with E-state index in [4.69, 9.17) is 10.5 Å². The van der Waals surface area contributed by atoms with Crippen LogP contribution in [0.4, 0.5) is 0 Å². The van der Waals surface area contributed by atoms with Gasteiger partial charge in [-0.05, 0) is 5.92 Å². The van der Waals surface area contributed by atoms with E-state index >= 15 is 0 Å². The first-order chi connectivity index (χ1) is 7.10. The third kappa shape index (κ3) is 7.00. The van der Waals surface area contributed by atoms with Crippen molar-refractivity contribution in [3.63, 3.8) is 0 Å². The Kier molecular flexibility index (Phi) is 11.5. The minimum Gasteiger partial charge on any atom is -0.400 e. The molecule has 16 heavy (non-hydrogen) atoms. The molecule has 0 aromatic rings. The lowest BCUT2D eigenvalue weighted by atomic mass is 9.68. The molecule has 0 bridgehead atoms. The molecule has 0 unspecified atom stereocenters. The molecule has 0 aromatic heterocycles. The standard InChI is InChI=1S/C11H23N.C2H6.CH4O/c1-8(2)11(6,7)9(12)10(3,4)5;2*1-2/h8,12H,1-7H3;1-2H3;2H,1H3. The number of aliphatic hydroxyl groups excluding tert-OH is 1. The van der Waals surface area contributed by atoms with Crippen LogP contribution >= 0.6 is 0 Å². The van der Waals surface area contributed by atoms with E-state index in [2.05, 4.69) is 48.5 Å². The van der Waals surface area contributed by atoms with Gasteiger partial charge in [-0.25, -0.2) is 0 Å². The van der Waals surface area contributed by atoms with Crippen LogP contribution < -0.4 is 0 Å². The lowest BCUT2D eigenvalue weighted by Crippen LogP contribution is -2.37. The first-order valence-corrected chi connectivity index (χ1v) is 6.14. The molecule has 2 N–H and O–H groups in total. The van der Waals surface area contributed by atoms with Gasteiger partial charge in [-0.2, -0.15) is 0 Å². The Labute approximate surface area is 103 Å². The SMILES string of the molecule is CC.CC(C)C(C)(C)C(=N)C(C)(C)C.CO. The predicted octanol–water partition coefficient (Wildman–Crippen LogP) is 4.37. The maximum absolute atomic E-state index is 8.07. The Balaban J connectivity index is -0.000000376. The Hall–Kier alpha value is -0.370. The van der Waals surface area contributed by atoms with Gasteiger partial charge in [-0.1, -0.05) is 62.3 Å². The summed E-state index contributed by atoms with van der Waals surface area (Å²) < 4.78 is 0. The van der Waals surface area contributed by atoms with Gasteiger partial charge >= 0.3 is 0 Å². The van der Waals surface area contributed by atoms with Gasteiger partial charge in [0.15, 0.2) is 0 Å². The number of nitrogens with one attached hydrogen (secondary N) is 1. The smallest absolute Gasteiger partial charge is 0.0319 e. The van der Waals surface area contributed by atoms with Crippen LogP contribution in [0.1, 0.15) is 62.3 Å². The zero-order valence-electron chi connectivity index (χ0n) is 13.0. The summed E-state index contributed by atoms with van der Waals surface area (Å²) in [5, 5.41) is 15.1. The minimum absolute atomic E-state index is 0.00771. The maximum atomic E-state index is 8.07. The second-order valence-corrected chi connectivity index (χ2v) is 5.50. The van der Waals surface area contributed by atoms with Crippen LogP contribution in [-0.2, 0) is 0 Å². The van der Waals surface area contributed by atoms with E-state index in [1.165, 1.54) is 0 Å². The molecule has 0 fully saturated rings. The molecule has 0 amide bonds. The molecule has 2 nitrogen and oxygen atoms in total. The van der Waals surface area contributed by atoms with Crippen LogP contribution in [0.25, 0.3) is 0 Å². The summed E-state index contributed by atoms with van der Waals surface area (Å²) in [5.41, 5.74) is 0.886. The zero-order valence-corrected chi connectivity index (χ0v) is 13.0. The molecule has 0 rings (SSSR count). The van der Waals surface area contributed by atoms with Gasteiger partial charge in [0.1, 0.15) is 0 Å². The van der Waals surface area contributed by atoms with Crippen molar-refractivity contribution >= 4 is 5.71 Å². The quantitative estimate of drug-likeness (QED) is 0.681. The van der Waals surface area contributed by atoms with Crippen LogP contribution in [0.2, 0.25) is 0 Å². The number of hydrogen-bond acceptors (Lipinski definition) is 2. The highest BCUT2D eigenvalue weighted by molar-refractivity contribution is 5.91. The van der Waals surface area contributed by atoms with Crippen molar-refractivity contribution in [2.24, 2.45) is 16.7 Å². The topological polar surface area (TPSA) is 44.1 Å². The average molecular weight is 231 g/mol. The van der Waals surface area contributed by atoms with Gasteiger partial charge in [0.05, 0.1) is 0 Å². The first-order valence-electron chi connectivity index (χ1n) is 6.14. The molecule has 0 spiro atoms. The number of rotatable bonds is 2. The van der Waals surface area contributed by atoms with Gasteiger partial charge in [0.2, 0.25) is 0 Å². The van der Waals surface area contributed by atoms with E-state index in [-0.39, 0.29) is 10.8 Å². The largest absolute Gasteiger partial charge is 0.400 e. The highest BCUT2D eigenvalue weighted by Crippen LogP contribution is 2.35. The van der Waals surface area contributed by atoms with Crippen molar-refractivity contribution < 1.29 is 5.11 Å². The van der Waals surface area contributed by atoms with Gasteiger partial charge in [-0.3, -0.25) is 0 Å². The molecule has 0 heterocycles. The molecule has 0 aliphatic carbocycles. The predicted molar refractivity (Wildman–Crippen MR) is 75.3 cm³/mol. The maximum Gasteiger partial charge on any atom is 0.0319 e. The van der Waals surface area contributed by atoms with Gasteiger partial charge < -0.3 is 10.5 Å². The van der Waals surface area contributed by atoms with Gasteiger partial charge in [-0.15, -0.1) is 0 Å². The van der Waals surface area contributed by atoms with E-state index < -0.39 is 0 Å². The zero-order chi connectivity index (χ0) is 14.2. The third-order valence-corrected chi connectivity index (χ3v) is 2.84. The van der Waals surface area contributed by atoms with E-state index in [1.54, 1.807) is 0 Å². The van der Waals surface area contributed by atoms with Crippen molar-refractivity contribution in [2.75, 3.05) is 7.11 Å². The Bertz CT molecular complexity index is 176. The van der Waals surface area contributed by atoms with Crippen LogP contribution in [0.5, 0.6) is 0 Å². The Morgan fingerprint density at radius 1 is 0.938 bits per heavy atom. The molecule has 0 saturated carbocycles. The summed E-state index contributed by atoms with van der Waals surface area (Å²) in [6, 6.07) is 0. The molecule has 100 valence electrons. The Morgan fingerprint density at radius 2 is 1.19 bits per heavy atom. The molecule has 0 aromatic carbocycles. The third-order valence-electron chi connectivity index (χ3n) is 2.84. The monoisotopic (exact) mass is 231 g/mol. The average Bonchev–Trinajstić information content (AvgIpc) is 2.21. The first kappa shape index (κ1) is 21.0. The van der Waals surface area contributed by atoms with Crippen molar-refractivity contribution in [1.29, 1.82) is 5.41 Å². The van der Waals surface area contributed by atoms with E-state index in [0.717, 1.165) is 12.8 Å². The fraction of sp³-hybridized carbons (Fsp3) is 0.929. The summed E-state index contributed by atoms with van der Waals surface area (Å²) in [6.45, 7) is 19.0. The number of aliphatic hydroxyl groups is 1. The molecule has 2 heteroatoms. The van der Waals surface area contributed by atoms with Crippen LogP contribution in [-0.4, -0.2) is 17.9 Å².